The van der Waals surface area contributed by atoms with E-state index in [2.05, 4.69) is 20.2 Å². The van der Waals surface area contributed by atoms with Crippen LogP contribution >= 0.6 is 0 Å². The second-order valence-electron chi connectivity index (χ2n) is 5.00. The SMILES string of the molecule is Cn1ccnc1-c1[nH]nc2nccc(Oc3ccccc3F)c12. The number of nitrogens with zero attached hydrogens (tertiary/aromatic N) is 4. The molecule has 23 heavy (non-hydrogen) atoms. The second-order valence-corrected chi connectivity index (χ2v) is 5.00. The molecule has 0 aliphatic carbocycles. The predicted molar refractivity (Wildman–Crippen MR) is 82.6 cm³/mol. The number of ether oxygens (including phenoxy) is 1. The molecule has 4 aromatic rings. The summed E-state index contributed by atoms with van der Waals surface area (Å²) < 4.78 is 21.5. The summed E-state index contributed by atoms with van der Waals surface area (Å²) in [6.07, 6.45) is 5.09. The zero-order valence-electron chi connectivity index (χ0n) is 12.2. The molecule has 1 N–H and O–H groups in total. The van der Waals surface area contributed by atoms with Crippen molar-refractivity contribution in [2.75, 3.05) is 0 Å². The Balaban J connectivity index is 1.89. The third-order valence-electron chi connectivity index (χ3n) is 3.52. The summed E-state index contributed by atoms with van der Waals surface area (Å²) in [5.74, 6) is 0.872. The Kier molecular flexibility index (Phi) is 3.04. The van der Waals surface area contributed by atoms with Crippen LogP contribution in [0.1, 0.15) is 0 Å². The Morgan fingerprint density at radius 3 is 2.74 bits per heavy atom. The Hall–Kier alpha value is -3.22. The van der Waals surface area contributed by atoms with Crippen LogP contribution in [0.25, 0.3) is 22.6 Å². The van der Waals surface area contributed by atoms with Gasteiger partial charge < -0.3 is 9.30 Å². The molecule has 0 saturated carbocycles. The van der Waals surface area contributed by atoms with Crippen LogP contribution in [0.15, 0.2) is 48.9 Å². The summed E-state index contributed by atoms with van der Waals surface area (Å²) in [5, 5.41) is 7.76. The lowest BCUT2D eigenvalue weighted by atomic mass is 10.2. The molecule has 0 fully saturated rings. The van der Waals surface area contributed by atoms with Gasteiger partial charge >= 0.3 is 0 Å². The molecule has 0 atom stereocenters. The number of para-hydroxylation sites is 1. The predicted octanol–water partition coefficient (Wildman–Crippen LogP) is 3.29. The highest BCUT2D eigenvalue weighted by Gasteiger charge is 2.18. The van der Waals surface area contributed by atoms with Gasteiger partial charge in [-0.3, -0.25) is 5.10 Å². The monoisotopic (exact) mass is 309 g/mol. The largest absolute Gasteiger partial charge is 0.453 e. The number of hydrogen-bond donors (Lipinski definition) is 1. The summed E-state index contributed by atoms with van der Waals surface area (Å²) in [6.45, 7) is 0. The molecule has 3 aromatic heterocycles. The molecular weight excluding hydrogens is 297 g/mol. The van der Waals surface area contributed by atoms with Crippen LogP contribution < -0.4 is 4.74 Å². The fourth-order valence-corrected chi connectivity index (χ4v) is 2.42. The zero-order chi connectivity index (χ0) is 15.8. The lowest BCUT2D eigenvalue weighted by Crippen LogP contribution is -1.94. The van der Waals surface area contributed by atoms with Gasteiger partial charge in [-0.25, -0.2) is 14.4 Å². The number of aryl methyl sites for hydroxylation is 1. The molecule has 0 amide bonds. The number of aromatic amines is 1. The van der Waals surface area contributed by atoms with Crippen molar-refractivity contribution in [1.29, 1.82) is 0 Å². The van der Waals surface area contributed by atoms with Gasteiger partial charge in [0.25, 0.3) is 0 Å². The highest BCUT2D eigenvalue weighted by atomic mass is 19.1. The van der Waals surface area contributed by atoms with E-state index in [4.69, 9.17) is 4.74 Å². The van der Waals surface area contributed by atoms with E-state index in [-0.39, 0.29) is 5.75 Å². The highest BCUT2D eigenvalue weighted by Crippen LogP contribution is 2.34. The van der Waals surface area contributed by atoms with Crippen molar-refractivity contribution in [3.05, 3.63) is 54.7 Å². The third kappa shape index (κ3) is 2.22. The van der Waals surface area contributed by atoms with Gasteiger partial charge in [0.15, 0.2) is 23.0 Å². The molecule has 0 radical (unpaired) electrons. The van der Waals surface area contributed by atoms with Gasteiger partial charge in [-0.1, -0.05) is 12.1 Å². The van der Waals surface area contributed by atoms with Crippen molar-refractivity contribution < 1.29 is 9.13 Å². The molecule has 4 rings (SSSR count). The van der Waals surface area contributed by atoms with E-state index in [0.29, 0.717) is 28.3 Å². The molecule has 0 aliphatic rings. The number of imidazole rings is 1. The van der Waals surface area contributed by atoms with Crippen LogP contribution in [0.5, 0.6) is 11.5 Å². The second kappa shape index (κ2) is 5.20. The van der Waals surface area contributed by atoms with E-state index in [1.54, 1.807) is 36.7 Å². The Morgan fingerprint density at radius 2 is 1.96 bits per heavy atom. The van der Waals surface area contributed by atoms with E-state index in [1.807, 2.05) is 17.8 Å². The molecule has 0 saturated heterocycles. The average molecular weight is 309 g/mol. The molecule has 114 valence electrons. The first-order valence-electron chi connectivity index (χ1n) is 6.97. The zero-order valence-corrected chi connectivity index (χ0v) is 12.2. The van der Waals surface area contributed by atoms with E-state index in [1.165, 1.54) is 6.07 Å². The van der Waals surface area contributed by atoms with Crippen LogP contribution in [0, 0.1) is 5.82 Å². The fraction of sp³-hybridized carbons (Fsp3) is 0.0625. The maximum atomic E-state index is 13.9. The Labute approximate surface area is 130 Å². The number of aromatic nitrogens is 5. The molecule has 0 unspecified atom stereocenters. The quantitative estimate of drug-likeness (QED) is 0.630. The van der Waals surface area contributed by atoms with E-state index < -0.39 is 5.82 Å². The van der Waals surface area contributed by atoms with Crippen LogP contribution in [0.2, 0.25) is 0 Å². The van der Waals surface area contributed by atoms with Gasteiger partial charge in [-0.15, -0.1) is 0 Å². The van der Waals surface area contributed by atoms with Crippen molar-refractivity contribution in [2.45, 2.75) is 0 Å². The number of H-pyrrole nitrogens is 1. The van der Waals surface area contributed by atoms with Gasteiger partial charge in [-0.2, -0.15) is 5.10 Å². The fourth-order valence-electron chi connectivity index (χ4n) is 2.42. The summed E-state index contributed by atoms with van der Waals surface area (Å²) >= 11 is 0. The van der Waals surface area contributed by atoms with Gasteiger partial charge in [0, 0.05) is 25.6 Å². The molecule has 1 aromatic carbocycles. The molecule has 7 heteroatoms. The molecule has 3 heterocycles. The number of fused-ring (bicyclic) bond motifs is 1. The standard InChI is InChI=1S/C16H12FN5O/c1-22-9-8-19-16(22)14-13-12(6-7-18-15(13)21-20-14)23-11-5-3-2-4-10(11)17/h2-9H,1H3,(H,18,20,21). The Bertz CT molecular complexity index is 991. The smallest absolute Gasteiger partial charge is 0.185 e. The van der Waals surface area contributed by atoms with Crippen molar-refractivity contribution in [1.82, 2.24) is 24.7 Å². The first-order valence-corrected chi connectivity index (χ1v) is 6.97. The van der Waals surface area contributed by atoms with Crippen LogP contribution in [0.3, 0.4) is 0 Å². The number of benzene rings is 1. The van der Waals surface area contributed by atoms with Crippen LogP contribution in [-0.4, -0.2) is 24.7 Å². The van der Waals surface area contributed by atoms with Crippen molar-refractivity contribution >= 4 is 11.0 Å². The van der Waals surface area contributed by atoms with Gasteiger partial charge in [0.1, 0.15) is 11.4 Å². The normalized spacial score (nSPS) is 11.0. The van der Waals surface area contributed by atoms with E-state index in [9.17, 15) is 4.39 Å². The molecule has 0 bridgehead atoms. The van der Waals surface area contributed by atoms with Crippen molar-refractivity contribution in [3.8, 4) is 23.0 Å². The van der Waals surface area contributed by atoms with Crippen molar-refractivity contribution in [3.63, 3.8) is 0 Å². The lowest BCUT2D eigenvalue weighted by Gasteiger charge is -2.08. The topological polar surface area (TPSA) is 68.6 Å². The highest BCUT2D eigenvalue weighted by molar-refractivity contribution is 5.94. The van der Waals surface area contributed by atoms with Crippen LogP contribution in [-0.2, 0) is 7.05 Å². The summed E-state index contributed by atoms with van der Waals surface area (Å²) in [4.78, 5) is 8.52. The number of pyridine rings is 1. The van der Waals surface area contributed by atoms with Crippen LogP contribution in [0.4, 0.5) is 4.39 Å². The third-order valence-corrected chi connectivity index (χ3v) is 3.52. The van der Waals surface area contributed by atoms with Gasteiger partial charge in [-0.05, 0) is 18.2 Å². The lowest BCUT2D eigenvalue weighted by molar-refractivity contribution is 0.446. The molecule has 0 spiro atoms. The molecule has 0 aliphatic heterocycles. The first-order chi connectivity index (χ1) is 11.2. The minimum absolute atomic E-state index is 0.145. The first kappa shape index (κ1) is 13.4. The number of halogens is 1. The average Bonchev–Trinajstić information content (AvgIpc) is 3.16. The number of nitrogens with one attached hydrogen (secondary N) is 1. The van der Waals surface area contributed by atoms with E-state index in [0.717, 1.165) is 0 Å². The van der Waals surface area contributed by atoms with E-state index >= 15 is 0 Å². The number of hydrogen-bond acceptors (Lipinski definition) is 4. The minimum Gasteiger partial charge on any atom is -0.453 e. The summed E-state index contributed by atoms with van der Waals surface area (Å²) in [7, 11) is 1.88. The molecule has 6 nitrogen and oxygen atoms in total. The maximum Gasteiger partial charge on any atom is 0.185 e. The van der Waals surface area contributed by atoms with Crippen molar-refractivity contribution in [2.24, 2.45) is 7.05 Å². The van der Waals surface area contributed by atoms with Gasteiger partial charge in [0.2, 0.25) is 0 Å². The number of rotatable bonds is 3. The Morgan fingerprint density at radius 1 is 1.09 bits per heavy atom. The van der Waals surface area contributed by atoms with Gasteiger partial charge in [0.05, 0.1) is 5.39 Å². The maximum absolute atomic E-state index is 13.9. The summed E-state index contributed by atoms with van der Waals surface area (Å²) in [6, 6.07) is 7.93. The summed E-state index contributed by atoms with van der Waals surface area (Å²) in [5.41, 5.74) is 1.16. The molecular formula is C16H12FN5O. The minimum atomic E-state index is -0.431.